The summed E-state index contributed by atoms with van der Waals surface area (Å²) in [5.41, 5.74) is 1.78. The Labute approximate surface area is 145 Å². The third-order valence-corrected chi connectivity index (χ3v) is 3.80. The molecule has 0 saturated carbocycles. The first-order chi connectivity index (χ1) is 11.9. The van der Waals surface area contributed by atoms with Gasteiger partial charge in [0.15, 0.2) is 0 Å². The molecule has 0 heterocycles. The summed E-state index contributed by atoms with van der Waals surface area (Å²) < 4.78 is 10.5. The molecule has 0 saturated heterocycles. The van der Waals surface area contributed by atoms with Gasteiger partial charge in [-0.25, -0.2) is 0 Å². The van der Waals surface area contributed by atoms with Crippen LogP contribution in [0.25, 0.3) is 0 Å². The SMILES string of the molecule is COc1ccc(OC)c(CCC(=O)Nc2ccc(C)c([N+](=O)[O-])c2)c1. The standard InChI is InChI=1S/C18H20N2O5/c1-12-4-6-14(11-16(12)20(22)23)19-18(21)9-5-13-10-15(24-2)7-8-17(13)25-3/h4,6-8,10-11H,5,9H2,1-3H3,(H,19,21). The lowest BCUT2D eigenvalue weighted by Crippen LogP contribution is -2.13. The molecule has 2 aromatic rings. The van der Waals surface area contributed by atoms with E-state index < -0.39 is 4.92 Å². The third kappa shape index (κ3) is 4.69. The average Bonchev–Trinajstić information content (AvgIpc) is 2.61. The predicted molar refractivity (Wildman–Crippen MR) is 94.3 cm³/mol. The molecule has 2 aromatic carbocycles. The Morgan fingerprint density at radius 2 is 1.92 bits per heavy atom. The Morgan fingerprint density at radius 3 is 2.56 bits per heavy atom. The lowest BCUT2D eigenvalue weighted by molar-refractivity contribution is -0.385. The van der Waals surface area contributed by atoms with Crippen LogP contribution >= 0.6 is 0 Å². The molecule has 25 heavy (non-hydrogen) atoms. The topological polar surface area (TPSA) is 90.7 Å². The fourth-order valence-corrected chi connectivity index (χ4v) is 2.43. The maximum Gasteiger partial charge on any atom is 0.274 e. The number of aryl methyl sites for hydroxylation is 2. The number of carbonyl (C=O) groups excluding carboxylic acids is 1. The van der Waals surface area contributed by atoms with Gasteiger partial charge in [-0.3, -0.25) is 14.9 Å². The molecular weight excluding hydrogens is 324 g/mol. The first-order valence-corrected chi connectivity index (χ1v) is 7.70. The number of nitro groups is 1. The molecule has 0 radical (unpaired) electrons. The van der Waals surface area contributed by atoms with E-state index in [1.807, 2.05) is 6.07 Å². The summed E-state index contributed by atoms with van der Waals surface area (Å²) in [7, 11) is 3.14. The van der Waals surface area contributed by atoms with Crippen molar-refractivity contribution in [2.24, 2.45) is 0 Å². The Bertz CT molecular complexity index is 789. The monoisotopic (exact) mass is 344 g/mol. The molecule has 0 aromatic heterocycles. The van der Waals surface area contributed by atoms with Crippen molar-refractivity contribution in [3.8, 4) is 11.5 Å². The number of amides is 1. The maximum atomic E-state index is 12.2. The third-order valence-electron chi connectivity index (χ3n) is 3.80. The van der Waals surface area contributed by atoms with Crippen LogP contribution in [0, 0.1) is 17.0 Å². The Balaban J connectivity index is 2.04. The highest BCUT2D eigenvalue weighted by Gasteiger charge is 2.13. The number of methoxy groups -OCH3 is 2. The van der Waals surface area contributed by atoms with E-state index in [0.717, 1.165) is 5.56 Å². The first-order valence-electron chi connectivity index (χ1n) is 7.70. The number of carbonyl (C=O) groups is 1. The van der Waals surface area contributed by atoms with Crippen molar-refractivity contribution in [2.75, 3.05) is 19.5 Å². The van der Waals surface area contributed by atoms with Gasteiger partial charge >= 0.3 is 0 Å². The van der Waals surface area contributed by atoms with Crippen molar-refractivity contribution >= 4 is 17.3 Å². The van der Waals surface area contributed by atoms with Gasteiger partial charge in [0.2, 0.25) is 5.91 Å². The van der Waals surface area contributed by atoms with E-state index in [4.69, 9.17) is 9.47 Å². The number of nitro benzene ring substituents is 1. The highest BCUT2D eigenvalue weighted by atomic mass is 16.6. The fourth-order valence-electron chi connectivity index (χ4n) is 2.43. The van der Waals surface area contributed by atoms with Crippen LogP contribution in [0.3, 0.4) is 0 Å². The van der Waals surface area contributed by atoms with Crippen LogP contribution in [-0.4, -0.2) is 25.1 Å². The molecule has 1 N–H and O–H groups in total. The molecule has 0 unspecified atom stereocenters. The molecule has 0 spiro atoms. The number of rotatable bonds is 7. The fraction of sp³-hybridized carbons (Fsp3) is 0.278. The summed E-state index contributed by atoms with van der Waals surface area (Å²) in [4.78, 5) is 22.7. The van der Waals surface area contributed by atoms with Gasteiger partial charge in [-0.05, 0) is 43.2 Å². The number of hydrogen-bond donors (Lipinski definition) is 1. The number of anilines is 1. The summed E-state index contributed by atoms with van der Waals surface area (Å²) in [6.07, 6.45) is 0.672. The minimum absolute atomic E-state index is 0.0211. The molecule has 0 bridgehead atoms. The van der Waals surface area contributed by atoms with E-state index in [-0.39, 0.29) is 18.0 Å². The van der Waals surface area contributed by atoms with Gasteiger partial charge in [-0.1, -0.05) is 6.07 Å². The number of ether oxygens (including phenoxy) is 2. The summed E-state index contributed by atoms with van der Waals surface area (Å²) in [6, 6.07) is 10.0. The van der Waals surface area contributed by atoms with Crippen LogP contribution in [0.4, 0.5) is 11.4 Å². The Hall–Kier alpha value is -3.09. The molecule has 1 amide bonds. The molecular formula is C18H20N2O5. The molecule has 7 nitrogen and oxygen atoms in total. The van der Waals surface area contributed by atoms with E-state index in [1.54, 1.807) is 45.4 Å². The maximum absolute atomic E-state index is 12.2. The van der Waals surface area contributed by atoms with Crippen molar-refractivity contribution < 1.29 is 19.2 Å². The van der Waals surface area contributed by atoms with Gasteiger partial charge in [0, 0.05) is 23.7 Å². The lowest BCUT2D eigenvalue weighted by atomic mass is 10.1. The minimum Gasteiger partial charge on any atom is -0.497 e. The van der Waals surface area contributed by atoms with Gasteiger partial charge in [0.25, 0.3) is 5.69 Å². The van der Waals surface area contributed by atoms with Crippen LogP contribution in [0.15, 0.2) is 36.4 Å². The number of benzene rings is 2. The summed E-state index contributed by atoms with van der Waals surface area (Å²) in [5.74, 6) is 1.13. The van der Waals surface area contributed by atoms with Crippen molar-refractivity contribution in [3.63, 3.8) is 0 Å². The zero-order valence-corrected chi connectivity index (χ0v) is 14.4. The van der Waals surface area contributed by atoms with Crippen LogP contribution in [0.1, 0.15) is 17.5 Å². The predicted octanol–water partition coefficient (Wildman–Crippen LogP) is 3.49. The molecule has 0 aliphatic rings. The van der Waals surface area contributed by atoms with Gasteiger partial charge in [-0.2, -0.15) is 0 Å². The summed E-state index contributed by atoms with van der Waals surface area (Å²) in [5, 5.41) is 13.7. The van der Waals surface area contributed by atoms with Crippen LogP contribution in [-0.2, 0) is 11.2 Å². The smallest absolute Gasteiger partial charge is 0.274 e. The van der Waals surface area contributed by atoms with Gasteiger partial charge < -0.3 is 14.8 Å². The van der Waals surface area contributed by atoms with Crippen LogP contribution < -0.4 is 14.8 Å². The van der Waals surface area contributed by atoms with E-state index in [9.17, 15) is 14.9 Å². The van der Waals surface area contributed by atoms with Gasteiger partial charge in [0.05, 0.1) is 19.1 Å². The quantitative estimate of drug-likeness (QED) is 0.613. The summed E-state index contributed by atoms with van der Waals surface area (Å²) >= 11 is 0. The molecule has 0 fully saturated rings. The van der Waals surface area contributed by atoms with Crippen LogP contribution in [0.5, 0.6) is 11.5 Å². The number of hydrogen-bond acceptors (Lipinski definition) is 5. The highest BCUT2D eigenvalue weighted by Crippen LogP contribution is 2.26. The molecule has 0 atom stereocenters. The second kappa shape index (κ2) is 8.14. The first kappa shape index (κ1) is 18.3. The largest absolute Gasteiger partial charge is 0.497 e. The zero-order chi connectivity index (χ0) is 18.4. The van der Waals surface area contributed by atoms with E-state index in [0.29, 0.717) is 29.2 Å². The number of nitrogens with zero attached hydrogens (tertiary/aromatic N) is 1. The Kier molecular flexibility index (Phi) is 5.94. The van der Waals surface area contributed by atoms with Crippen molar-refractivity contribution in [1.29, 1.82) is 0 Å². The zero-order valence-electron chi connectivity index (χ0n) is 14.4. The summed E-state index contributed by atoms with van der Waals surface area (Å²) in [6.45, 7) is 1.65. The molecule has 0 aliphatic carbocycles. The minimum atomic E-state index is -0.466. The molecule has 7 heteroatoms. The van der Waals surface area contributed by atoms with Crippen molar-refractivity contribution in [2.45, 2.75) is 19.8 Å². The second-order valence-electron chi connectivity index (χ2n) is 5.48. The van der Waals surface area contributed by atoms with Gasteiger partial charge in [-0.15, -0.1) is 0 Å². The highest BCUT2D eigenvalue weighted by molar-refractivity contribution is 5.91. The van der Waals surface area contributed by atoms with Crippen LogP contribution in [0.2, 0.25) is 0 Å². The molecule has 0 aliphatic heterocycles. The lowest BCUT2D eigenvalue weighted by Gasteiger charge is -2.11. The van der Waals surface area contributed by atoms with E-state index in [1.165, 1.54) is 6.07 Å². The van der Waals surface area contributed by atoms with E-state index >= 15 is 0 Å². The number of nitrogens with one attached hydrogen (secondary N) is 1. The molecule has 132 valence electrons. The van der Waals surface area contributed by atoms with Crippen molar-refractivity contribution in [3.05, 3.63) is 57.6 Å². The normalized spacial score (nSPS) is 10.2. The average molecular weight is 344 g/mol. The second-order valence-corrected chi connectivity index (χ2v) is 5.48. The van der Waals surface area contributed by atoms with Gasteiger partial charge in [0.1, 0.15) is 11.5 Å². The van der Waals surface area contributed by atoms with E-state index in [2.05, 4.69) is 5.32 Å². The Morgan fingerprint density at radius 1 is 1.16 bits per heavy atom. The van der Waals surface area contributed by atoms with Crippen molar-refractivity contribution in [1.82, 2.24) is 0 Å². The molecule has 2 rings (SSSR count).